The van der Waals surface area contributed by atoms with Crippen molar-refractivity contribution < 1.29 is 28.5 Å². The second-order valence-corrected chi connectivity index (χ2v) is 4.17. The zero-order valence-electron chi connectivity index (χ0n) is 10.8. The number of pyridine rings is 1. The van der Waals surface area contributed by atoms with Crippen molar-refractivity contribution in [1.29, 1.82) is 0 Å². The van der Waals surface area contributed by atoms with Crippen LogP contribution < -0.4 is 28.5 Å². The Morgan fingerprint density at radius 2 is 1.72 bits per heavy atom. The Labute approximate surface area is 126 Å². The van der Waals surface area contributed by atoms with Crippen molar-refractivity contribution in [1.82, 2.24) is 0 Å². The first-order chi connectivity index (χ1) is 8.29. The third-order valence-electron chi connectivity index (χ3n) is 2.89. The molecule has 0 atom stereocenters. The highest BCUT2D eigenvalue weighted by Crippen LogP contribution is 2.06. The maximum Gasteiger partial charge on any atom is 0.204 e. The minimum atomic E-state index is 0. The monoisotopic (exact) mass is 351 g/mol. The maximum absolute atomic E-state index is 2.19. The minimum absolute atomic E-state index is 0. The fraction of sp³-hybridized carbons (Fsp3) is 0.188. The molecule has 0 spiro atoms. The molecule has 1 heterocycles. The average molecular weight is 351 g/mol. The Bertz CT molecular complexity index is 518. The lowest BCUT2D eigenvalue weighted by Gasteiger charge is -1.97. The van der Waals surface area contributed by atoms with E-state index in [1.807, 2.05) is 6.07 Å². The predicted octanol–water partition coefficient (Wildman–Crippen LogP) is 0.248. The molecule has 0 amide bonds. The molecular weight excluding hydrogens is 333 g/mol. The Balaban J connectivity index is 0.00000162. The molecule has 1 aromatic heterocycles. The van der Waals surface area contributed by atoms with Gasteiger partial charge in [-0.2, -0.15) is 0 Å². The molecule has 0 saturated heterocycles. The van der Waals surface area contributed by atoms with Gasteiger partial charge in [-0.1, -0.05) is 37.3 Å². The van der Waals surface area contributed by atoms with E-state index >= 15 is 0 Å². The van der Waals surface area contributed by atoms with Gasteiger partial charge in [-0.05, 0) is 24.1 Å². The van der Waals surface area contributed by atoms with Gasteiger partial charge in [0.1, 0.15) is 7.05 Å². The van der Waals surface area contributed by atoms with E-state index in [2.05, 4.69) is 73.3 Å². The largest absolute Gasteiger partial charge is 1.00 e. The number of benzene rings is 1. The van der Waals surface area contributed by atoms with Crippen LogP contribution >= 0.6 is 0 Å². The number of aromatic nitrogens is 1. The molecule has 1 aromatic carbocycles. The van der Waals surface area contributed by atoms with E-state index in [9.17, 15) is 0 Å². The summed E-state index contributed by atoms with van der Waals surface area (Å²) in [4.78, 5) is 0. The summed E-state index contributed by atoms with van der Waals surface area (Å²) in [5.74, 6) is 0. The molecule has 2 aromatic rings. The summed E-state index contributed by atoms with van der Waals surface area (Å²) in [7, 11) is 2.09. The van der Waals surface area contributed by atoms with Crippen LogP contribution in [0, 0.1) is 0 Å². The molecule has 0 saturated carbocycles. The number of nitrogens with zero attached hydrogens (tertiary/aromatic N) is 1. The first-order valence-corrected chi connectivity index (χ1v) is 6.01. The van der Waals surface area contributed by atoms with E-state index in [0.29, 0.717) is 0 Å². The van der Waals surface area contributed by atoms with Crippen LogP contribution in [0.15, 0.2) is 48.7 Å². The van der Waals surface area contributed by atoms with Crippen LogP contribution in [0.25, 0.3) is 12.2 Å². The van der Waals surface area contributed by atoms with E-state index in [-0.39, 0.29) is 24.0 Å². The molecule has 0 N–H and O–H groups in total. The van der Waals surface area contributed by atoms with E-state index in [0.717, 1.165) is 6.42 Å². The van der Waals surface area contributed by atoms with Crippen molar-refractivity contribution in [3.8, 4) is 0 Å². The molecule has 0 aliphatic rings. The number of hydrogen-bond acceptors (Lipinski definition) is 0. The van der Waals surface area contributed by atoms with Crippen molar-refractivity contribution in [2.45, 2.75) is 13.3 Å². The zero-order valence-corrected chi connectivity index (χ0v) is 13.0. The van der Waals surface area contributed by atoms with Crippen LogP contribution in [0.3, 0.4) is 0 Å². The van der Waals surface area contributed by atoms with Crippen molar-refractivity contribution in [3.05, 3.63) is 65.5 Å². The van der Waals surface area contributed by atoms with Gasteiger partial charge in [0.15, 0.2) is 6.20 Å². The van der Waals surface area contributed by atoms with Gasteiger partial charge in [0.25, 0.3) is 0 Å². The predicted molar refractivity (Wildman–Crippen MR) is 72.4 cm³/mol. The average Bonchev–Trinajstić information content (AvgIpc) is 2.38. The molecule has 0 fully saturated rings. The van der Waals surface area contributed by atoms with Crippen molar-refractivity contribution in [2.24, 2.45) is 7.05 Å². The highest BCUT2D eigenvalue weighted by molar-refractivity contribution is 5.66. The van der Waals surface area contributed by atoms with E-state index in [1.54, 1.807) is 0 Å². The highest BCUT2D eigenvalue weighted by atomic mass is 127. The Morgan fingerprint density at radius 1 is 1.00 bits per heavy atom. The summed E-state index contributed by atoms with van der Waals surface area (Å²) in [6.07, 6.45) is 7.55. The molecule has 0 radical (unpaired) electrons. The Kier molecular flexibility index (Phi) is 6.05. The molecule has 2 heteroatoms. The van der Waals surface area contributed by atoms with Gasteiger partial charge in [0.05, 0.1) is 0 Å². The summed E-state index contributed by atoms with van der Waals surface area (Å²) < 4.78 is 2.16. The lowest BCUT2D eigenvalue weighted by atomic mass is 10.1. The van der Waals surface area contributed by atoms with Crippen LogP contribution in [0.1, 0.15) is 23.7 Å². The van der Waals surface area contributed by atoms with Gasteiger partial charge >= 0.3 is 0 Å². The topological polar surface area (TPSA) is 3.88 Å². The van der Waals surface area contributed by atoms with Crippen molar-refractivity contribution in [3.63, 3.8) is 0 Å². The van der Waals surface area contributed by atoms with E-state index in [1.165, 1.54) is 16.8 Å². The summed E-state index contributed by atoms with van der Waals surface area (Å²) in [5, 5.41) is 0. The third-order valence-corrected chi connectivity index (χ3v) is 2.89. The van der Waals surface area contributed by atoms with E-state index in [4.69, 9.17) is 0 Å². The van der Waals surface area contributed by atoms with Crippen LogP contribution in [0.4, 0.5) is 0 Å². The molecule has 94 valence electrons. The summed E-state index contributed by atoms with van der Waals surface area (Å²) >= 11 is 0. The normalized spacial score (nSPS) is 10.3. The molecule has 2 rings (SSSR count). The van der Waals surface area contributed by atoms with Gasteiger partial charge in [-0.25, -0.2) is 4.57 Å². The number of rotatable bonds is 3. The summed E-state index contributed by atoms with van der Waals surface area (Å²) in [6, 6.07) is 14.7. The molecular formula is C16H18IN. The molecule has 1 nitrogen and oxygen atoms in total. The Morgan fingerprint density at radius 3 is 2.33 bits per heavy atom. The second-order valence-electron chi connectivity index (χ2n) is 4.17. The molecule has 0 aliphatic carbocycles. The maximum atomic E-state index is 2.19. The van der Waals surface area contributed by atoms with Crippen molar-refractivity contribution >= 4 is 12.2 Å². The fourth-order valence-electron chi connectivity index (χ4n) is 1.80. The quantitative estimate of drug-likeness (QED) is 0.551. The molecule has 18 heavy (non-hydrogen) atoms. The van der Waals surface area contributed by atoms with Gasteiger partial charge in [-0.15, -0.1) is 0 Å². The molecule has 0 aliphatic heterocycles. The van der Waals surface area contributed by atoms with Crippen LogP contribution in [-0.2, 0) is 13.5 Å². The third kappa shape index (κ3) is 3.95. The summed E-state index contributed by atoms with van der Waals surface area (Å²) in [6.45, 7) is 2.18. The van der Waals surface area contributed by atoms with Gasteiger partial charge in [0.2, 0.25) is 5.69 Å². The van der Waals surface area contributed by atoms with Gasteiger partial charge < -0.3 is 24.0 Å². The SMILES string of the molecule is CCc1ccc(/C=C/c2ccccc2)[n+](C)c1.[I-]. The lowest BCUT2D eigenvalue weighted by molar-refractivity contribution is -0.673. The van der Waals surface area contributed by atoms with E-state index < -0.39 is 0 Å². The first kappa shape index (κ1) is 14.9. The second kappa shape index (κ2) is 7.31. The van der Waals surface area contributed by atoms with Gasteiger partial charge in [-0.3, -0.25) is 0 Å². The fourth-order valence-corrected chi connectivity index (χ4v) is 1.80. The van der Waals surface area contributed by atoms with Crippen LogP contribution in [-0.4, -0.2) is 0 Å². The van der Waals surface area contributed by atoms with Gasteiger partial charge in [0, 0.05) is 17.7 Å². The minimum Gasteiger partial charge on any atom is -1.00 e. The first-order valence-electron chi connectivity index (χ1n) is 6.01. The Hall–Kier alpha value is -1.16. The van der Waals surface area contributed by atoms with Crippen LogP contribution in [0.5, 0.6) is 0 Å². The highest BCUT2D eigenvalue weighted by Gasteiger charge is 2.02. The standard InChI is InChI=1S/C16H18N.HI/c1-3-14-9-11-16(17(2)13-14)12-10-15-7-5-4-6-8-15;/h4-13H,3H2,1-2H3;1H/q+1;/p-1/b12-10+;. The van der Waals surface area contributed by atoms with Crippen molar-refractivity contribution in [2.75, 3.05) is 0 Å². The molecule has 0 unspecified atom stereocenters. The van der Waals surface area contributed by atoms with Crippen LogP contribution in [0.2, 0.25) is 0 Å². The number of aryl methyl sites for hydroxylation is 2. The lowest BCUT2D eigenvalue weighted by Crippen LogP contribution is -3.00. The number of halogens is 1. The summed E-state index contributed by atoms with van der Waals surface area (Å²) in [5.41, 5.74) is 3.81. The smallest absolute Gasteiger partial charge is 0.204 e. The zero-order chi connectivity index (χ0) is 12.1. The molecule has 0 bridgehead atoms. The number of hydrogen-bond donors (Lipinski definition) is 0.